The predicted octanol–water partition coefficient (Wildman–Crippen LogP) is 3.95. The van der Waals surface area contributed by atoms with Crippen molar-refractivity contribution in [3.8, 4) is 0 Å². The van der Waals surface area contributed by atoms with Crippen molar-refractivity contribution in [3.63, 3.8) is 0 Å². The first-order valence-corrected chi connectivity index (χ1v) is 6.82. The van der Waals surface area contributed by atoms with Crippen molar-refractivity contribution >= 4 is 13.2 Å². The highest BCUT2D eigenvalue weighted by Crippen LogP contribution is 2.37. The van der Waals surface area contributed by atoms with Gasteiger partial charge in [0.2, 0.25) is 0 Å². The van der Waals surface area contributed by atoms with Crippen molar-refractivity contribution in [2.75, 3.05) is 0 Å². The molecule has 1 aliphatic heterocycles. The molecule has 1 saturated heterocycles. The van der Waals surface area contributed by atoms with Gasteiger partial charge in [-0.3, -0.25) is 0 Å². The molecule has 102 valence electrons. The number of hydrogen-bond acceptors (Lipinski definition) is 2. The monoisotopic (exact) mass is 258 g/mol. The summed E-state index contributed by atoms with van der Waals surface area (Å²) >= 11 is 0. The van der Waals surface area contributed by atoms with E-state index in [0.29, 0.717) is 0 Å². The first-order chi connectivity index (χ1) is 8.71. The maximum atomic E-state index is 5.93. The lowest BCUT2D eigenvalue weighted by atomic mass is 9.89. The van der Waals surface area contributed by atoms with Crippen LogP contribution in [0.2, 0.25) is 0 Å². The first kappa shape index (κ1) is 14.4. The Morgan fingerprint density at radius 1 is 0.947 bits per heavy atom. The zero-order chi connectivity index (χ0) is 14.3. The third kappa shape index (κ3) is 2.93. The molecule has 1 heterocycles. The SMILES string of the molecule is Cc1ccc(C=CB2OC(C)(C)C(C)(C)O2)cc1C. The Labute approximate surface area is 117 Å². The van der Waals surface area contributed by atoms with E-state index >= 15 is 0 Å². The molecule has 1 aliphatic rings. The Balaban J connectivity index is 2.10. The first-order valence-electron chi connectivity index (χ1n) is 6.82. The molecule has 1 aromatic rings. The number of benzene rings is 1. The van der Waals surface area contributed by atoms with Gasteiger partial charge in [-0.15, -0.1) is 0 Å². The Kier molecular flexibility index (Phi) is 3.63. The van der Waals surface area contributed by atoms with Crippen LogP contribution in [0.5, 0.6) is 0 Å². The summed E-state index contributed by atoms with van der Waals surface area (Å²) in [5.74, 6) is 1.99. The summed E-state index contributed by atoms with van der Waals surface area (Å²) in [6.07, 6.45) is 2.06. The van der Waals surface area contributed by atoms with E-state index in [1.54, 1.807) is 0 Å². The largest absolute Gasteiger partial charge is 0.487 e. The van der Waals surface area contributed by atoms with Gasteiger partial charge in [0.25, 0.3) is 0 Å². The third-order valence-electron chi connectivity index (χ3n) is 4.25. The van der Waals surface area contributed by atoms with Crippen LogP contribution in [0.25, 0.3) is 6.08 Å². The highest BCUT2D eigenvalue weighted by atomic mass is 16.7. The number of aryl methyl sites for hydroxylation is 2. The Bertz CT molecular complexity index is 487. The second-order valence-corrected chi connectivity index (χ2v) is 6.33. The van der Waals surface area contributed by atoms with Crippen molar-refractivity contribution in [2.45, 2.75) is 52.7 Å². The Morgan fingerprint density at radius 3 is 2.05 bits per heavy atom. The molecule has 2 nitrogen and oxygen atoms in total. The molecule has 2 rings (SSSR count). The molecule has 0 aromatic heterocycles. The van der Waals surface area contributed by atoms with Crippen LogP contribution in [-0.2, 0) is 9.31 Å². The lowest BCUT2D eigenvalue weighted by Gasteiger charge is -2.32. The zero-order valence-electron chi connectivity index (χ0n) is 12.8. The van der Waals surface area contributed by atoms with E-state index in [1.807, 2.05) is 5.98 Å². The number of hydrogen-bond donors (Lipinski definition) is 0. The summed E-state index contributed by atoms with van der Waals surface area (Å²) in [5, 5.41) is 0. The van der Waals surface area contributed by atoms with Gasteiger partial charge in [-0.25, -0.2) is 0 Å². The minimum atomic E-state index is -0.273. The molecule has 0 unspecified atom stereocenters. The van der Waals surface area contributed by atoms with Gasteiger partial charge in [-0.05, 0) is 58.2 Å². The molecule has 19 heavy (non-hydrogen) atoms. The van der Waals surface area contributed by atoms with E-state index in [2.05, 4.69) is 65.8 Å². The molecular weight excluding hydrogens is 235 g/mol. The fourth-order valence-electron chi connectivity index (χ4n) is 2.03. The Hall–Kier alpha value is -1.06. The third-order valence-corrected chi connectivity index (χ3v) is 4.25. The summed E-state index contributed by atoms with van der Waals surface area (Å²) in [5.41, 5.74) is 3.25. The highest BCUT2D eigenvalue weighted by molar-refractivity contribution is 6.52. The van der Waals surface area contributed by atoms with Gasteiger partial charge in [0.15, 0.2) is 0 Å². The molecular formula is C16H23BO2. The molecule has 0 spiro atoms. The van der Waals surface area contributed by atoms with Crippen LogP contribution in [0.4, 0.5) is 0 Å². The van der Waals surface area contributed by atoms with E-state index in [9.17, 15) is 0 Å². The molecule has 0 saturated carbocycles. The molecule has 0 bridgehead atoms. The summed E-state index contributed by atoms with van der Waals surface area (Å²) in [4.78, 5) is 0. The van der Waals surface area contributed by atoms with E-state index < -0.39 is 0 Å². The van der Waals surface area contributed by atoms with Crippen molar-refractivity contribution in [1.82, 2.24) is 0 Å². The average Bonchev–Trinajstić information content (AvgIpc) is 2.49. The molecule has 0 aliphatic carbocycles. The molecule has 0 N–H and O–H groups in total. The van der Waals surface area contributed by atoms with Crippen molar-refractivity contribution in [1.29, 1.82) is 0 Å². The lowest BCUT2D eigenvalue weighted by Crippen LogP contribution is -2.41. The van der Waals surface area contributed by atoms with Crippen LogP contribution in [0.15, 0.2) is 24.2 Å². The molecule has 0 atom stereocenters. The van der Waals surface area contributed by atoms with E-state index in [4.69, 9.17) is 9.31 Å². The second-order valence-electron chi connectivity index (χ2n) is 6.33. The zero-order valence-corrected chi connectivity index (χ0v) is 12.8. The smallest absolute Gasteiger partial charge is 0.400 e. The van der Waals surface area contributed by atoms with Crippen LogP contribution in [0.3, 0.4) is 0 Å². The second kappa shape index (κ2) is 4.80. The van der Waals surface area contributed by atoms with Gasteiger partial charge in [0.05, 0.1) is 11.2 Å². The predicted molar refractivity (Wildman–Crippen MR) is 81.0 cm³/mol. The van der Waals surface area contributed by atoms with Crippen molar-refractivity contribution in [2.24, 2.45) is 0 Å². The van der Waals surface area contributed by atoms with Crippen molar-refractivity contribution < 1.29 is 9.31 Å². The number of rotatable bonds is 2. The topological polar surface area (TPSA) is 18.5 Å². The summed E-state index contributed by atoms with van der Waals surface area (Å²) in [6, 6.07) is 6.43. The van der Waals surface area contributed by atoms with E-state index in [1.165, 1.54) is 16.7 Å². The quantitative estimate of drug-likeness (QED) is 0.748. The summed E-state index contributed by atoms with van der Waals surface area (Å²) in [6.45, 7) is 12.5. The van der Waals surface area contributed by atoms with Gasteiger partial charge < -0.3 is 9.31 Å². The molecule has 1 fully saturated rings. The maximum absolute atomic E-state index is 5.93. The van der Waals surface area contributed by atoms with E-state index in [0.717, 1.165) is 0 Å². The molecule has 0 radical (unpaired) electrons. The molecule has 0 amide bonds. The van der Waals surface area contributed by atoms with Gasteiger partial charge >= 0.3 is 7.12 Å². The maximum Gasteiger partial charge on any atom is 0.487 e. The van der Waals surface area contributed by atoms with Crippen LogP contribution in [-0.4, -0.2) is 18.3 Å². The summed E-state index contributed by atoms with van der Waals surface area (Å²) in [7, 11) is -0.272. The van der Waals surface area contributed by atoms with Crippen LogP contribution in [0, 0.1) is 13.8 Å². The standard InChI is InChI=1S/C16H23BO2/c1-12-7-8-14(11-13(12)2)9-10-17-18-15(3,4)16(5,6)19-17/h7-11H,1-6H3. The molecule has 3 heteroatoms. The fraction of sp³-hybridized carbons (Fsp3) is 0.500. The minimum absolute atomic E-state index is 0.272. The van der Waals surface area contributed by atoms with Crippen LogP contribution < -0.4 is 0 Å². The minimum Gasteiger partial charge on any atom is -0.400 e. The van der Waals surface area contributed by atoms with Crippen LogP contribution >= 0.6 is 0 Å². The van der Waals surface area contributed by atoms with Gasteiger partial charge in [-0.2, -0.15) is 0 Å². The van der Waals surface area contributed by atoms with Gasteiger partial charge in [0, 0.05) is 0 Å². The fourth-order valence-corrected chi connectivity index (χ4v) is 2.03. The lowest BCUT2D eigenvalue weighted by molar-refractivity contribution is 0.00578. The normalized spacial score (nSPS) is 21.3. The van der Waals surface area contributed by atoms with Gasteiger partial charge in [0.1, 0.15) is 0 Å². The van der Waals surface area contributed by atoms with Gasteiger partial charge in [-0.1, -0.05) is 30.3 Å². The van der Waals surface area contributed by atoms with Crippen LogP contribution in [0.1, 0.15) is 44.4 Å². The molecule has 1 aromatic carbocycles. The Morgan fingerprint density at radius 2 is 1.53 bits per heavy atom. The summed E-state index contributed by atoms with van der Waals surface area (Å²) < 4.78 is 11.9. The van der Waals surface area contributed by atoms with Crippen molar-refractivity contribution in [3.05, 3.63) is 40.9 Å². The van der Waals surface area contributed by atoms with E-state index in [-0.39, 0.29) is 18.3 Å². The highest BCUT2D eigenvalue weighted by Gasteiger charge is 2.49. The average molecular weight is 258 g/mol.